The third kappa shape index (κ3) is 8.43. The van der Waals surface area contributed by atoms with E-state index < -0.39 is 16.7 Å². The third-order valence-electron chi connectivity index (χ3n) is 3.90. The van der Waals surface area contributed by atoms with Crippen LogP contribution in [0.15, 0.2) is 24.0 Å². The summed E-state index contributed by atoms with van der Waals surface area (Å²) in [6, 6.07) is 4.70. The molecule has 0 aliphatic heterocycles. The molecule has 0 heterocycles. The van der Waals surface area contributed by atoms with Gasteiger partial charge in [-0.3, -0.25) is 10.1 Å². The Balaban J connectivity index is 0.00000676. The van der Waals surface area contributed by atoms with E-state index in [2.05, 4.69) is 23.5 Å². The number of nitro groups is 1. The summed E-state index contributed by atoms with van der Waals surface area (Å²) in [5, 5.41) is 23.4. The van der Waals surface area contributed by atoms with E-state index in [0.29, 0.717) is 12.0 Å². The van der Waals surface area contributed by atoms with Crippen molar-refractivity contribution in [2.75, 3.05) is 26.2 Å². The smallest absolute Gasteiger partial charge is 0.868 e. The molecule has 8 heteroatoms. The normalized spacial score (nSPS) is 11.2. The molecule has 144 valence electrons. The summed E-state index contributed by atoms with van der Waals surface area (Å²) >= 11 is 0. The zero-order chi connectivity index (χ0) is 19.5. The average molecular weight is 386 g/mol. The molecule has 0 saturated heterocycles. The predicted molar refractivity (Wildman–Crippen MR) is 98.4 cm³/mol. The van der Waals surface area contributed by atoms with Crippen LogP contribution in [0.25, 0.3) is 6.08 Å². The van der Waals surface area contributed by atoms with Gasteiger partial charge >= 0.3 is 35.5 Å². The first-order valence-electron chi connectivity index (χ1n) is 8.98. The third-order valence-corrected chi connectivity index (χ3v) is 3.90. The van der Waals surface area contributed by atoms with E-state index in [4.69, 9.17) is 0 Å². The monoisotopic (exact) mass is 386 g/mol. The Hall–Kier alpha value is -1.41. The van der Waals surface area contributed by atoms with Crippen LogP contribution in [0.4, 0.5) is 5.69 Å². The molecule has 1 rings (SSSR count). The summed E-state index contributed by atoms with van der Waals surface area (Å²) < 4.78 is 4.68. The Morgan fingerprint density at radius 2 is 1.81 bits per heavy atom. The van der Waals surface area contributed by atoms with Crippen LogP contribution in [-0.4, -0.2) is 42.0 Å². The maximum absolute atomic E-state index is 12.0. The summed E-state index contributed by atoms with van der Waals surface area (Å²) in [5.41, 5.74) is 0.676. The van der Waals surface area contributed by atoms with Crippen molar-refractivity contribution in [1.82, 2.24) is 4.90 Å². The van der Waals surface area contributed by atoms with Crippen LogP contribution >= 0.6 is 0 Å². The van der Waals surface area contributed by atoms with Gasteiger partial charge in [0.15, 0.2) is 0 Å². The molecule has 1 aromatic carbocycles. The van der Waals surface area contributed by atoms with Crippen molar-refractivity contribution < 1.29 is 49.1 Å². The second-order valence-corrected chi connectivity index (χ2v) is 5.93. The molecular weight excluding hydrogens is 359 g/mol. The number of esters is 1. The first-order valence-corrected chi connectivity index (χ1v) is 8.98. The standard InChI is InChI=1S/C19H28N2O5.Na/c1-4-11-20(12-5-2)13-10-15-8-7-9-17(21(24)25)16(15)14-18(22)19(23)26-6-3;/h7-9,14,22H,4-6,10-13H2,1-3H3;/q;+1/p-1/b18-14-;. The molecule has 0 aliphatic carbocycles. The summed E-state index contributed by atoms with van der Waals surface area (Å²) in [6.07, 6.45) is 3.63. The van der Waals surface area contributed by atoms with Crippen molar-refractivity contribution >= 4 is 17.7 Å². The fraction of sp³-hybridized carbons (Fsp3) is 0.526. The van der Waals surface area contributed by atoms with Crippen LogP contribution in [0.3, 0.4) is 0 Å². The number of nitro benzene ring substituents is 1. The molecule has 0 amide bonds. The fourth-order valence-electron chi connectivity index (χ4n) is 2.78. The molecular formula is C19H27N2NaO5. The van der Waals surface area contributed by atoms with E-state index in [1.54, 1.807) is 19.1 Å². The van der Waals surface area contributed by atoms with Gasteiger partial charge in [0.1, 0.15) is 0 Å². The number of carbonyl (C=O) groups is 1. The SMILES string of the molecule is CCCN(CCC)CCc1cccc([N+](=O)[O-])c1/C=C(\[O-])C(=O)OCC.[Na+]. The van der Waals surface area contributed by atoms with Crippen molar-refractivity contribution in [2.24, 2.45) is 0 Å². The number of rotatable bonds is 11. The zero-order valence-corrected chi connectivity index (χ0v) is 18.7. The first kappa shape index (κ1) is 25.6. The minimum absolute atomic E-state index is 0. The van der Waals surface area contributed by atoms with Crippen molar-refractivity contribution in [2.45, 2.75) is 40.0 Å². The number of hydrogen-bond acceptors (Lipinski definition) is 6. The first-order chi connectivity index (χ1) is 12.4. The molecule has 7 nitrogen and oxygen atoms in total. The Morgan fingerprint density at radius 1 is 1.19 bits per heavy atom. The van der Waals surface area contributed by atoms with Gasteiger partial charge in [-0.2, -0.15) is 0 Å². The van der Waals surface area contributed by atoms with Crippen LogP contribution in [0.5, 0.6) is 0 Å². The van der Waals surface area contributed by atoms with Crippen molar-refractivity contribution in [3.05, 3.63) is 45.2 Å². The zero-order valence-electron chi connectivity index (χ0n) is 16.7. The summed E-state index contributed by atoms with van der Waals surface area (Å²) in [7, 11) is 0. The van der Waals surface area contributed by atoms with Gasteiger partial charge < -0.3 is 14.7 Å². The summed E-state index contributed by atoms with van der Waals surface area (Å²) in [5.74, 6) is -1.89. The quantitative estimate of drug-likeness (QED) is 0.127. The summed E-state index contributed by atoms with van der Waals surface area (Å²) in [4.78, 5) is 24.7. The average Bonchev–Trinajstić information content (AvgIpc) is 2.60. The Labute approximate surface area is 182 Å². The van der Waals surface area contributed by atoms with E-state index in [1.165, 1.54) is 6.07 Å². The molecule has 0 atom stereocenters. The second kappa shape index (κ2) is 13.7. The number of hydrogen-bond donors (Lipinski definition) is 0. The van der Waals surface area contributed by atoms with E-state index in [0.717, 1.165) is 38.6 Å². The van der Waals surface area contributed by atoms with Gasteiger partial charge in [-0.05, 0) is 56.7 Å². The van der Waals surface area contributed by atoms with Crippen LogP contribution in [0.1, 0.15) is 44.7 Å². The number of ether oxygens (including phenoxy) is 1. The number of benzene rings is 1. The topological polar surface area (TPSA) is 95.7 Å². The Morgan fingerprint density at radius 3 is 2.33 bits per heavy atom. The van der Waals surface area contributed by atoms with Crippen molar-refractivity contribution in [3.8, 4) is 0 Å². The number of nitrogens with zero attached hydrogens (tertiary/aromatic N) is 2. The van der Waals surface area contributed by atoms with E-state index >= 15 is 0 Å². The minimum atomic E-state index is -1.00. The molecule has 1 aromatic rings. The molecule has 0 fully saturated rings. The Kier molecular flexibility index (Phi) is 13.0. The largest absolute Gasteiger partial charge is 1.00 e. The molecule has 0 radical (unpaired) electrons. The maximum atomic E-state index is 12.0. The minimum Gasteiger partial charge on any atom is -0.868 e. The van der Waals surface area contributed by atoms with Gasteiger partial charge in [-0.1, -0.05) is 26.0 Å². The fourth-order valence-corrected chi connectivity index (χ4v) is 2.78. The van der Waals surface area contributed by atoms with Crippen LogP contribution in [0, 0.1) is 10.1 Å². The van der Waals surface area contributed by atoms with Crippen molar-refractivity contribution in [3.63, 3.8) is 0 Å². The van der Waals surface area contributed by atoms with Crippen LogP contribution < -0.4 is 34.7 Å². The van der Waals surface area contributed by atoms with E-state index in [1.807, 2.05) is 0 Å². The van der Waals surface area contributed by atoms with Gasteiger partial charge in [0.05, 0.1) is 17.1 Å². The Bertz CT molecular complexity index is 643. The van der Waals surface area contributed by atoms with Gasteiger partial charge in [0.25, 0.3) is 5.69 Å². The molecule has 0 aliphatic rings. The van der Waals surface area contributed by atoms with Gasteiger partial charge in [-0.25, -0.2) is 4.79 Å². The van der Waals surface area contributed by atoms with Crippen LogP contribution in [0.2, 0.25) is 0 Å². The molecule has 0 spiro atoms. The second-order valence-electron chi connectivity index (χ2n) is 5.93. The van der Waals surface area contributed by atoms with Gasteiger partial charge in [0, 0.05) is 12.6 Å². The molecule has 0 saturated carbocycles. The van der Waals surface area contributed by atoms with Gasteiger partial charge in [-0.15, -0.1) is 0 Å². The van der Waals surface area contributed by atoms with Crippen LogP contribution in [-0.2, 0) is 16.0 Å². The maximum Gasteiger partial charge on any atom is 1.00 e. The molecule has 0 bridgehead atoms. The van der Waals surface area contributed by atoms with Crippen molar-refractivity contribution in [1.29, 1.82) is 0 Å². The molecule has 0 aromatic heterocycles. The summed E-state index contributed by atoms with van der Waals surface area (Å²) in [6.45, 7) is 8.51. The predicted octanol–water partition coefficient (Wildman–Crippen LogP) is -0.472. The van der Waals surface area contributed by atoms with E-state index in [9.17, 15) is 20.0 Å². The van der Waals surface area contributed by atoms with Gasteiger partial charge in [0.2, 0.25) is 0 Å². The molecule has 0 N–H and O–H groups in total. The molecule has 0 unspecified atom stereocenters. The van der Waals surface area contributed by atoms with E-state index in [-0.39, 0.29) is 47.4 Å². The molecule has 27 heavy (non-hydrogen) atoms. The number of carbonyl (C=O) groups excluding carboxylic acids is 1.